The van der Waals surface area contributed by atoms with E-state index in [2.05, 4.69) is 22.5 Å². The molecule has 0 spiro atoms. The highest BCUT2D eigenvalue weighted by Crippen LogP contribution is 2.30. The predicted octanol–water partition coefficient (Wildman–Crippen LogP) is 2.33. The summed E-state index contributed by atoms with van der Waals surface area (Å²) in [7, 11) is 4.07. The highest BCUT2D eigenvalue weighted by Gasteiger charge is 2.16. The van der Waals surface area contributed by atoms with Gasteiger partial charge in [0.2, 0.25) is 0 Å². The summed E-state index contributed by atoms with van der Waals surface area (Å²) < 4.78 is 0. The van der Waals surface area contributed by atoms with Gasteiger partial charge in [0.1, 0.15) is 0 Å². The van der Waals surface area contributed by atoms with Crippen LogP contribution in [0.4, 0.5) is 4.79 Å². The van der Waals surface area contributed by atoms with Crippen LogP contribution in [0, 0.1) is 5.92 Å². The van der Waals surface area contributed by atoms with Gasteiger partial charge in [0.05, 0.1) is 0 Å². The van der Waals surface area contributed by atoms with Gasteiger partial charge in [-0.25, -0.2) is 4.79 Å². The largest absolute Gasteiger partial charge is 0.338 e. The summed E-state index contributed by atoms with van der Waals surface area (Å²) in [4.78, 5) is 13.6. The van der Waals surface area contributed by atoms with Crippen molar-refractivity contribution in [2.24, 2.45) is 5.92 Å². The van der Waals surface area contributed by atoms with Gasteiger partial charge in [0, 0.05) is 12.7 Å². The fourth-order valence-corrected chi connectivity index (χ4v) is 2.33. The molecule has 1 rings (SSSR count). The van der Waals surface area contributed by atoms with Crippen LogP contribution in [0.15, 0.2) is 11.8 Å². The Morgan fingerprint density at radius 2 is 2.00 bits per heavy atom. The van der Waals surface area contributed by atoms with Gasteiger partial charge in [-0.15, -0.1) is 0 Å². The van der Waals surface area contributed by atoms with E-state index >= 15 is 0 Å². The van der Waals surface area contributed by atoms with Crippen molar-refractivity contribution < 1.29 is 4.79 Å². The maximum atomic E-state index is 11.5. The summed E-state index contributed by atoms with van der Waals surface area (Å²) in [5.74, 6) is 0.680. The lowest BCUT2D eigenvalue weighted by atomic mass is 10.0. The first kappa shape index (κ1) is 15.0. The van der Waals surface area contributed by atoms with Crippen molar-refractivity contribution in [1.82, 2.24) is 15.5 Å². The third kappa shape index (κ3) is 6.05. The molecular weight excluding hydrogens is 226 g/mol. The third-order valence-electron chi connectivity index (χ3n) is 3.50. The summed E-state index contributed by atoms with van der Waals surface area (Å²) in [6.07, 6.45) is 8.05. The predicted molar refractivity (Wildman–Crippen MR) is 75.4 cm³/mol. The molecule has 1 aliphatic rings. The van der Waals surface area contributed by atoms with E-state index in [-0.39, 0.29) is 6.03 Å². The lowest BCUT2D eigenvalue weighted by molar-refractivity contribution is 0.243. The van der Waals surface area contributed by atoms with Crippen molar-refractivity contribution in [2.45, 2.75) is 39.0 Å². The maximum Gasteiger partial charge on any atom is 0.318 e. The number of carbonyl (C=O) groups excluding carboxylic acids is 1. The van der Waals surface area contributed by atoms with Crippen LogP contribution in [0.3, 0.4) is 0 Å². The van der Waals surface area contributed by atoms with Crippen molar-refractivity contribution in [1.29, 1.82) is 0 Å². The minimum absolute atomic E-state index is 0.0916. The number of hydrogen-bond acceptors (Lipinski definition) is 2. The average Bonchev–Trinajstić information content (AvgIpc) is 2.85. The molecule has 1 aliphatic carbocycles. The van der Waals surface area contributed by atoms with Gasteiger partial charge in [-0.2, -0.15) is 0 Å². The molecule has 0 heterocycles. The van der Waals surface area contributed by atoms with Crippen LogP contribution in [-0.2, 0) is 0 Å². The van der Waals surface area contributed by atoms with E-state index < -0.39 is 0 Å². The van der Waals surface area contributed by atoms with Crippen LogP contribution in [0.25, 0.3) is 0 Å². The van der Waals surface area contributed by atoms with E-state index in [4.69, 9.17) is 0 Å². The van der Waals surface area contributed by atoms with Crippen molar-refractivity contribution >= 4 is 6.03 Å². The van der Waals surface area contributed by atoms with Crippen LogP contribution in [0.5, 0.6) is 0 Å². The smallest absolute Gasteiger partial charge is 0.318 e. The Bertz CT molecular complexity index is 281. The molecule has 0 bridgehead atoms. The molecule has 0 aliphatic heterocycles. The van der Waals surface area contributed by atoms with E-state index in [1.165, 1.54) is 31.3 Å². The Kier molecular flexibility index (Phi) is 6.80. The van der Waals surface area contributed by atoms with Gasteiger partial charge in [-0.3, -0.25) is 0 Å². The van der Waals surface area contributed by atoms with Gasteiger partial charge in [0.25, 0.3) is 0 Å². The number of hydrogen-bond donors (Lipinski definition) is 2. The Morgan fingerprint density at radius 1 is 1.33 bits per heavy atom. The molecule has 0 aromatic heterocycles. The molecule has 2 N–H and O–H groups in total. The molecule has 0 atom stereocenters. The molecule has 0 aromatic carbocycles. The van der Waals surface area contributed by atoms with Crippen molar-refractivity contribution in [2.75, 3.05) is 27.2 Å². The van der Waals surface area contributed by atoms with E-state index in [1.807, 2.05) is 20.3 Å². The number of amides is 2. The first-order valence-electron chi connectivity index (χ1n) is 6.95. The molecule has 18 heavy (non-hydrogen) atoms. The monoisotopic (exact) mass is 253 g/mol. The molecule has 4 heteroatoms. The summed E-state index contributed by atoms with van der Waals surface area (Å²) in [6.45, 7) is 3.83. The molecule has 104 valence electrons. The second kappa shape index (κ2) is 8.14. The van der Waals surface area contributed by atoms with Crippen molar-refractivity contribution in [3.8, 4) is 0 Å². The summed E-state index contributed by atoms with van der Waals surface area (Å²) >= 11 is 0. The van der Waals surface area contributed by atoms with Crippen LogP contribution in [0.1, 0.15) is 39.0 Å². The first-order valence-corrected chi connectivity index (χ1v) is 6.95. The lowest BCUT2D eigenvalue weighted by Gasteiger charge is -2.11. The number of carbonyl (C=O) groups is 1. The standard InChI is InChI=1S/C14H27N3O/c1-12(13-7-4-5-8-13)11-16-14(18)15-9-6-10-17(2)3/h11,13H,4-10H2,1-3H3,(H2,15,16,18)/b12-11+. The fourth-order valence-electron chi connectivity index (χ4n) is 2.33. The lowest BCUT2D eigenvalue weighted by Crippen LogP contribution is -2.34. The Balaban J connectivity index is 2.13. The minimum atomic E-state index is -0.0916. The molecule has 2 amide bonds. The van der Waals surface area contributed by atoms with E-state index in [1.54, 1.807) is 0 Å². The van der Waals surface area contributed by atoms with E-state index in [0.29, 0.717) is 5.92 Å². The topological polar surface area (TPSA) is 44.4 Å². The second-order valence-corrected chi connectivity index (χ2v) is 5.43. The first-order chi connectivity index (χ1) is 8.59. The molecule has 0 aromatic rings. The number of allylic oxidation sites excluding steroid dienone is 1. The zero-order valence-electron chi connectivity index (χ0n) is 12.0. The highest BCUT2D eigenvalue weighted by atomic mass is 16.2. The number of urea groups is 1. The number of rotatable bonds is 6. The van der Waals surface area contributed by atoms with Gasteiger partial charge in [-0.1, -0.05) is 18.4 Å². The SMILES string of the molecule is C/C(=C\NC(=O)NCCCN(C)C)C1CCCC1. The molecule has 0 saturated heterocycles. The van der Waals surface area contributed by atoms with Crippen molar-refractivity contribution in [3.05, 3.63) is 11.8 Å². The summed E-state index contributed by atoms with van der Waals surface area (Å²) in [6, 6.07) is -0.0916. The zero-order chi connectivity index (χ0) is 13.4. The van der Waals surface area contributed by atoms with Gasteiger partial charge in [0.15, 0.2) is 0 Å². The van der Waals surface area contributed by atoms with Gasteiger partial charge < -0.3 is 15.5 Å². The van der Waals surface area contributed by atoms with Crippen LogP contribution < -0.4 is 10.6 Å². The molecule has 4 nitrogen and oxygen atoms in total. The molecule has 0 unspecified atom stereocenters. The molecule has 0 radical (unpaired) electrons. The molecule has 1 fully saturated rings. The zero-order valence-corrected chi connectivity index (χ0v) is 12.0. The van der Waals surface area contributed by atoms with E-state index in [0.717, 1.165) is 19.5 Å². The average molecular weight is 253 g/mol. The maximum absolute atomic E-state index is 11.5. The molecule has 1 saturated carbocycles. The van der Waals surface area contributed by atoms with Crippen molar-refractivity contribution in [3.63, 3.8) is 0 Å². The van der Waals surface area contributed by atoms with Gasteiger partial charge in [-0.05, 0) is 52.7 Å². The fraction of sp³-hybridized carbons (Fsp3) is 0.786. The highest BCUT2D eigenvalue weighted by molar-refractivity contribution is 5.74. The Labute approximate surface area is 111 Å². The molecular formula is C14H27N3O. The van der Waals surface area contributed by atoms with E-state index in [9.17, 15) is 4.79 Å². The normalized spacial score (nSPS) is 17.2. The quantitative estimate of drug-likeness (QED) is 0.714. The second-order valence-electron chi connectivity index (χ2n) is 5.43. The Hall–Kier alpha value is -1.03. The number of nitrogens with one attached hydrogen (secondary N) is 2. The third-order valence-corrected chi connectivity index (χ3v) is 3.50. The Morgan fingerprint density at radius 3 is 2.61 bits per heavy atom. The van der Waals surface area contributed by atoms with Crippen LogP contribution >= 0.6 is 0 Å². The van der Waals surface area contributed by atoms with Crippen LogP contribution in [0.2, 0.25) is 0 Å². The van der Waals surface area contributed by atoms with Crippen LogP contribution in [-0.4, -0.2) is 38.1 Å². The summed E-state index contributed by atoms with van der Waals surface area (Å²) in [5, 5.41) is 5.68. The minimum Gasteiger partial charge on any atom is -0.338 e. The summed E-state index contributed by atoms with van der Waals surface area (Å²) in [5.41, 5.74) is 1.30. The van der Waals surface area contributed by atoms with Gasteiger partial charge >= 0.3 is 6.03 Å². The number of nitrogens with zero attached hydrogens (tertiary/aromatic N) is 1.